The van der Waals surface area contributed by atoms with Crippen molar-refractivity contribution in [1.82, 2.24) is 10.2 Å². The molecule has 2 rings (SSSR count). The van der Waals surface area contributed by atoms with E-state index in [1.165, 1.54) is 19.1 Å². The zero-order valence-corrected chi connectivity index (χ0v) is 15.8. The minimum Gasteiger partial charge on any atom is -0.467 e. The molecule has 0 spiro atoms. The first-order valence-electron chi connectivity index (χ1n) is 7.70. The van der Waals surface area contributed by atoms with E-state index in [-0.39, 0.29) is 36.3 Å². The van der Waals surface area contributed by atoms with Crippen LogP contribution in [0.25, 0.3) is 0 Å². The van der Waals surface area contributed by atoms with Gasteiger partial charge in [0.15, 0.2) is 0 Å². The highest BCUT2D eigenvalue weighted by atomic mass is 35.5. The van der Waals surface area contributed by atoms with Crippen LogP contribution < -0.4 is 11.1 Å². The SMILES string of the molecule is CC1CCCC(CNC(=O)c2coc(CN)c2)(N(C)C)C1.Cl.Cl. The summed E-state index contributed by atoms with van der Waals surface area (Å²) in [5.74, 6) is 1.25. The van der Waals surface area contributed by atoms with Crippen LogP contribution in [0.15, 0.2) is 16.7 Å². The standard InChI is InChI=1S/C16H27N3O2.2ClH/c1-12-5-4-6-16(8-12,19(2)3)11-18-15(20)13-7-14(9-17)21-10-13;;/h7,10,12H,4-6,8-9,11,17H2,1-3H3,(H,18,20);2*1H. The van der Waals surface area contributed by atoms with Gasteiger partial charge in [-0.2, -0.15) is 0 Å². The number of nitrogens with one attached hydrogen (secondary N) is 1. The van der Waals surface area contributed by atoms with Gasteiger partial charge in [0.05, 0.1) is 12.1 Å². The second kappa shape index (κ2) is 9.52. The molecule has 1 aromatic rings. The van der Waals surface area contributed by atoms with Crippen LogP contribution in [0.2, 0.25) is 0 Å². The molecule has 2 unspecified atom stereocenters. The summed E-state index contributed by atoms with van der Waals surface area (Å²) in [5, 5.41) is 3.07. The first-order valence-corrected chi connectivity index (χ1v) is 7.70. The Morgan fingerprint density at radius 1 is 1.48 bits per heavy atom. The van der Waals surface area contributed by atoms with Crippen LogP contribution in [0.3, 0.4) is 0 Å². The van der Waals surface area contributed by atoms with Crippen molar-refractivity contribution in [2.75, 3.05) is 20.6 Å². The Labute approximate surface area is 151 Å². The molecule has 2 atom stereocenters. The minimum absolute atomic E-state index is 0. The number of halogens is 2. The maximum absolute atomic E-state index is 12.2. The van der Waals surface area contributed by atoms with Gasteiger partial charge in [-0.15, -0.1) is 24.8 Å². The van der Waals surface area contributed by atoms with Crippen molar-refractivity contribution in [3.05, 3.63) is 23.7 Å². The Hall–Kier alpha value is -0.750. The third-order valence-corrected chi connectivity index (χ3v) is 4.71. The molecule has 0 aromatic carbocycles. The fourth-order valence-corrected chi connectivity index (χ4v) is 3.31. The zero-order valence-electron chi connectivity index (χ0n) is 14.1. The molecule has 3 N–H and O–H groups in total. The molecule has 1 heterocycles. The van der Waals surface area contributed by atoms with Gasteiger partial charge in [-0.1, -0.05) is 19.8 Å². The predicted molar refractivity (Wildman–Crippen MR) is 97.5 cm³/mol. The molecule has 1 fully saturated rings. The van der Waals surface area contributed by atoms with Gasteiger partial charge in [0.2, 0.25) is 0 Å². The summed E-state index contributed by atoms with van der Waals surface area (Å²) < 4.78 is 5.22. The fraction of sp³-hybridized carbons (Fsp3) is 0.688. The average Bonchev–Trinajstić information content (AvgIpc) is 2.93. The van der Waals surface area contributed by atoms with E-state index in [0.717, 1.165) is 12.8 Å². The summed E-state index contributed by atoms with van der Waals surface area (Å²) in [5.41, 5.74) is 6.11. The highest BCUT2D eigenvalue weighted by Gasteiger charge is 2.37. The summed E-state index contributed by atoms with van der Waals surface area (Å²) in [6, 6.07) is 1.71. The quantitative estimate of drug-likeness (QED) is 0.841. The van der Waals surface area contributed by atoms with Crippen LogP contribution in [-0.2, 0) is 6.54 Å². The van der Waals surface area contributed by atoms with Gasteiger partial charge >= 0.3 is 0 Å². The van der Waals surface area contributed by atoms with Crippen LogP contribution in [-0.4, -0.2) is 37.0 Å². The van der Waals surface area contributed by atoms with Gasteiger partial charge in [0, 0.05) is 12.1 Å². The lowest BCUT2D eigenvalue weighted by atomic mass is 9.75. The summed E-state index contributed by atoms with van der Waals surface area (Å²) in [4.78, 5) is 14.5. The van der Waals surface area contributed by atoms with Crippen LogP contribution in [0.5, 0.6) is 0 Å². The number of nitrogens with two attached hydrogens (primary N) is 1. The number of hydrogen-bond donors (Lipinski definition) is 2. The molecular weight excluding hydrogens is 337 g/mol. The minimum atomic E-state index is -0.0853. The number of carbonyl (C=O) groups excluding carboxylic acids is 1. The summed E-state index contributed by atoms with van der Waals surface area (Å²) in [6.45, 7) is 3.28. The van der Waals surface area contributed by atoms with E-state index in [9.17, 15) is 4.79 Å². The summed E-state index contributed by atoms with van der Waals surface area (Å²) >= 11 is 0. The van der Waals surface area contributed by atoms with Gasteiger partial charge in [-0.3, -0.25) is 4.79 Å². The number of likely N-dealkylation sites (N-methyl/N-ethyl adjacent to an activating group) is 1. The van der Waals surface area contributed by atoms with E-state index < -0.39 is 0 Å². The number of hydrogen-bond acceptors (Lipinski definition) is 4. The van der Waals surface area contributed by atoms with Gasteiger partial charge in [0.1, 0.15) is 12.0 Å². The van der Waals surface area contributed by atoms with Crippen molar-refractivity contribution in [2.24, 2.45) is 11.7 Å². The van der Waals surface area contributed by atoms with Gasteiger partial charge < -0.3 is 20.4 Å². The molecule has 1 aromatic heterocycles. The van der Waals surface area contributed by atoms with E-state index in [4.69, 9.17) is 10.2 Å². The number of nitrogens with zero attached hydrogens (tertiary/aromatic N) is 1. The zero-order chi connectivity index (χ0) is 15.5. The number of furan rings is 1. The first kappa shape index (κ1) is 22.2. The van der Waals surface area contributed by atoms with E-state index >= 15 is 0 Å². The lowest BCUT2D eigenvalue weighted by molar-refractivity contribution is 0.0675. The monoisotopic (exact) mass is 365 g/mol. The van der Waals surface area contributed by atoms with Crippen LogP contribution in [0.4, 0.5) is 0 Å². The molecule has 0 bridgehead atoms. The van der Waals surface area contributed by atoms with Crippen LogP contribution in [0, 0.1) is 5.92 Å². The van der Waals surface area contributed by atoms with Crippen LogP contribution in [0.1, 0.15) is 48.7 Å². The van der Waals surface area contributed by atoms with Gasteiger partial charge in [0.25, 0.3) is 5.91 Å². The molecule has 23 heavy (non-hydrogen) atoms. The normalized spacial score (nSPS) is 23.8. The van der Waals surface area contributed by atoms with Gasteiger partial charge in [-0.25, -0.2) is 0 Å². The van der Waals surface area contributed by atoms with E-state index in [0.29, 0.717) is 30.3 Å². The van der Waals surface area contributed by atoms with Gasteiger partial charge in [-0.05, 0) is 38.9 Å². The average molecular weight is 366 g/mol. The van der Waals surface area contributed by atoms with Crippen molar-refractivity contribution >= 4 is 30.7 Å². The predicted octanol–water partition coefficient (Wildman–Crippen LogP) is 2.82. The summed E-state index contributed by atoms with van der Waals surface area (Å²) in [7, 11) is 4.21. The third-order valence-electron chi connectivity index (χ3n) is 4.71. The molecule has 0 aliphatic heterocycles. The highest BCUT2D eigenvalue weighted by Crippen LogP contribution is 2.35. The second-order valence-corrected chi connectivity index (χ2v) is 6.51. The maximum atomic E-state index is 12.2. The van der Waals surface area contributed by atoms with Crippen molar-refractivity contribution in [3.63, 3.8) is 0 Å². The lowest BCUT2D eigenvalue weighted by Gasteiger charge is -2.45. The molecular formula is C16H29Cl2N3O2. The topological polar surface area (TPSA) is 71.5 Å². The molecule has 1 saturated carbocycles. The summed E-state index contributed by atoms with van der Waals surface area (Å²) in [6.07, 6.45) is 6.23. The molecule has 0 radical (unpaired) electrons. The lowest BCUT2D eigenvalue weighted by Crippen LogP contribution is -2.55. The fourth-order valence-electron chi connectivity index (χ4n) is 3.31. The molecule has 7 heteroatoms. The highest BCUT2D eigenvalue weighted by molar-refractivity contribution is 5.94. The van der Waals surface area contributed by atoms with E-state index in [2.05, 4.69) is 31.2 Å². The maximum Gasteiger partial charge on any atom is 0.254 e. The first-order chi connectivity index (χ1) is 9.97. The van der Waals surface area contributed by atoms with E-state index in [1.807, 2.05) is 0 Å². The van der Waals surface area contributed by atoms with E-state index in [1.54, 1.807) is 6.07 Å². The Bertz CT molecular complexity index is 493. The number of rotatable bonds is 5. The molecule has 1 amide bonds. The Morgan fingerprint density at radius 2 is 2.17 bits per heavy atom. The number of amides is 1. The number of carbonyl (C=O) groups is 1. The second-order valence-electron chi connectivity index (χ2n) is 6.51. The van der Waals surface area contributed by atoms with Crippen LogP contribution >= 0.6 is 24.8 Å². The van der Waals surface area contributed by atoms with Crippen molar-refractivity contribution < 1.29 is 9.21 Å². The Morgan fingerprint density at radius 3 is 2.70 bits per heavy atom. The Balaban J connectivity index is 0.00000242. The molecule has 0 saturated heterocycles. The smallest absolute Gasteiger partial charge is 0.254 e. The van der Waals surface area contributed by atoms with Crippen molar-refractivity contribution in [1.29, 1.82) is 0 Å². The molecule has 134 valence electrons. The largest absolute Gasteiger partial charge is 0.467 e. The molecule has 5 nitrogen and oxygen atoms in total. The Kier molecular flexibility index (Phi) is 9.21. The van der Waals surface area contributed by atoms with Crippen molar-refractivity contribution in [3.8, 4) is 0 Å². The third kappa shape index (κ3) is 5.38. The molecule has 1 aliphatic carbocycles. The molecule has 1 aliphatic rings. The van der Waals surface area contributed by atoms with Crippen molar-refractivity contribution in [2.45, 2.75) is 44.7 Å².